The molecule has 0 saturated carbocycles. The molecule has 0 unspecified atom stereocenters. The summed E-state index contributed by atoms with van der Waals surface area (Å²) in [6, 6.07) is 10.1. The summed E-state index contributed by atoms with van der Waals surface area (Å²) in [4.78, 5) is 23.5. The Hall–Kier alpha value is -2.60. The summed E-state index contributed by atoms with van der Waals surface area (Å²) < 4.78 is 13.4. The van der Waals surface area contributed by atoms with Crippen LogP contribution >= 0.6 is 11.6 Å². The zero-order chi connectivity index (χ0) is 16.8. The normalized spacial score (nSPS) is 10.2. The van der Waals surface area contributed by atoms with Gasteiger partial charge in [-0.3, -0.25) is 20.4 Å². The van der Waals surface area contributed by atoms with Gasteiger partial charge in [-0.1, -0.05) is 29.8 Å². The highest BCUT2D eigenvalue weighted by atomic mass is 35.5. The monoisotopic (exact) mass is 336 g/mol. The SMILES string of the molecule is O=C(CCc1ccccc1F)NNC(=O)c1cc(Cl)ccc1O. The maximum atomic E-state index is 13.4. The minimum absolute atomic E-state index is 0.00272. The fourth-order valence-corrected chi connectivity index (χ4v) is 2.07. The summed E-state index contributed by atoms with van der Waals surface area (Å²) in [5.74, 6) is -1.83. The summed E-state index contributed by atoms with van der Waals surface area (Å²) >= 11 is 5.74. The van der Waals surface area contributed by atoms with E-state index in [1.165, 1.54) is 24.3 Å². The van der Waals surface area contributed by atoms with Gasteiger partial charge in [0.1, 0.15) is 11.6 Å². The third kappa shape index (κ3) is 4.69. The van der Waals surface area contributed by atoms with Crippen molar-refractivity contribution in [3.8, 4) is 5.75 Å². The maximum absolute atomic E-state index is 13.4. The van der Waals surface area contributed by atoms with Crippen LogP contribution in [0.15, 0.2) is 42.5 Å². The Morgan fingerprint density at radius 2 is 1.87 bits per heavy atom. The highest BCUT2D eigenvalue weighted by Gasteiger charge is 2.13. The predicted molar refractivity (Wildman–Crippen MR) is 83.4 cm³/mol. The zero-order valence-corrected chi connectivity index (χ0v) is 12.7. The van der Waals surface area contributed by atoms with E-state index in [0.29, 0.717) is 5.56 Å². The number of carbonyl (C=O) groups excluding carboxylic acids is 2. The van der Waals surface area contributed by atoms with Crippen LogP contribution < -0.4 is 10.9 Å². The second-order valence-electron chi connectivity index (χ2n) is 4.76. The largest absolute Gasteiger partial charge is 0.507 e. The molecule has 0 fully saturated rings. The molecule has 23 heavy (non-hydrogen) atoms. The lowest BCUT2D eigenvalue weighted by Crippen LogP contribution is -2.41. The fraction of sp³-hybridized carbons (Fsp3) is 0.125. The van der Waals surface area contributed by atoms with Crippen LogP contribution in [0.5, 0.6) is 5.75 Å². The number of hydrazine groups is 1. The number of amides is 2. The van der Waals surface area contributed by atoms with Crippen molar-refractivity contribution < 1.29 is 19.1 Å². The minimum Gasteiger partial charge on any atom is -0.507 e. The van der Waals surface area contributed by atoms with Gasteiger partial charge in [-0.15, -0.1) is 0 Å². The second-order valence-corrected chi connectivity index (χ2v) is 5.19. The number of rotatable bonds is 4. The molecule has 0 heterocycles. The van der Waals surface area contributed by atoms with Gasteiger partial charge in [0.2, 0.25) is 5.91 Å². The minimum atomic E-state index is -0.704. The van der Waals surface area contributed by atoms with Gasteiger partial charge in [-0.2, -0.15) is 0 Å². The Morgan fingerprint density at radius 3 is 2.61 bits per heavy atom. The molecule has 2 amide bonds. The van der Waals surface area contributed by atoms with Crippen molar-refractivity contribution in [2.75, 3.05) is 0 Å². The number of nitrogens with one attached hydrogen (secondary N) is 2. The highest BCUT2D eigenvalue weighted by Crippen LogP contribution is 2.20. The highest BCUT2D eigenvalue weighted by molar-refractivity contribution is 6.31. The number of hydrogen-bond acceptors (Lipinski definition) is 3. The molecular weight excluding hydrogens is 323 g/mol. The lowest BCUT2D eigenvalue weighted by Gasteiger charge is -2.09. The molecule has 2 aromatic carbocycles. The first-order chi connectivity index (χ1) is 11.0. The molecule has 5 nitrogen and oxygen atoms in total. The lowest BCUT2D eigenvalue weighted by atomic mass is 10.1. The fourth-order valence-electron chi connectivity index (χ4n) is 1.90. The van der Waals surface area contributed by atoms with E-state index in [1.807, 2.05) is 0 Å². The van der Waals surface area contributed by atoms with Crippen molar-refractivity contribution in [3.05, 3.63) is 64.4 Å². The van der Waals surface area contributed by atoms with Gasteiger partial charge < -0.3 is 5.11 Å². The molecule has 0 aliphatic rings. The average Bonchev–Trinajstić information content (AvgIpc) is 2.54. The van der Waals surface area contributed by atoms with Crippen molar-refractivity contribution in [2.24, 2.45) is 0 Å². The molecule has 0 aromatic heterocycles. The predicted octanol–water partition coefficient (Wildman–Crippen LogP) is 2.58. The van der Waals surface area contributed by atoms with Crippen LogP contribution in [0.1, 0.15) is 22.3 Å². The summed E-state index contributed by atoms with van der Waals surface area (Å²) in [6.07, 6.45) is 0.208. The standard InChI is InChI=1S/C16H14ClFN2O3/c17-11-6-7-14(21)12(9-11)16(23)20-19-15(22)8-5-10-3-1-2-4-13(10)18/h1-4,6-7,9,21H,5,8H2,(H,19,22)(H,20,23). The number of aryl methyl sites for hydroxylation is 1. The third-order valence-electron chi connectivity index (χ3n) is 3.10. The average molecular weight is 337 g/mol. The number of benzene rings is 2. The van der Waals surface area contributed by atoms with Gasteiger partial charge in [-0.05, 0) is 36.2 Å². The molecule has 3 N–H and O–H groups in total. The second kappa shape index (κ2) is 7.60. The molecule has 0 aliphatic carbocycles. The van der Waals surface area contributed by atoms with Crippen LogP contribution in [0.4, 0.5) is 4.39 Å². The topological polar surface area (TPSA) is 78.4 Å². The van der Waals surface area contributed by atoms with Crippen LogP contribution in [-0.4, -0.2) is 16.9 Å². The number of hydrogen-bond donors (Lipinski definition) is 3. The molecule has 0 radical (unpaired) electrons. The molecule has 0 saturated heterocycles. The summed E-state index contributed by atoms with van der Waals surface area (Å²) in [6.45, 7) is 0. The Balaban J connectivity index is 1.86. The van der Waals surface area contributed by atoms with Crippen molar-refractivity contribution in [2.45, 2.75) is 12.8 Å². The summed E-state index contributed by atoms with van der Waals surface area (Å²) in [7, 11) is 0. The first-order valence-corrected chi connectivity index (χ1v) is 7.16. The van der Waals surface area contributed by atoms with E-state index in [-0.39, 0.29) is 35.0 Å². The van der Waals surface area contributed by atoms with Crippen LogP contribution in [0.25, 0.3) is 0 Å². The Morgan fingerprint density at radius 1 is 1.13 bits per heavy atom. The molecule has 0 atom stereocenters. The van der Waals surface area contributed by atoms with E-state index < -0.39 is 11.8 Å². The molecule has 2 rings (SSSR count). The van der Waals surface area contributed by atoms with Gasteiger partial charge in [0.25, 0.3) is 5.91 Å². The zero-order valence-electron chi connectivity index (χ0n) is 12.0. The van der Waals surface area contributed by atoms with Crippen molar-refractivity contribution >= 4 is 23.4 Å². The third-order valence-corrected chi connectivity index (χ3v) is 3.33. The first-order valence-electron chi connectivity index (χ1n) is 6.78. The Kier molecular flexibility index (Phi) is 5.54. The van der Waals surface area contributed by atoms with Crippen LogP contribution in [0.3, 0.4) is 0 Å². The number of halogens is 2. The van der Waals surface area contributed by atoms with E-state index in [0.717, 1.165) is 0 Å². The van der Waals surface area contributed by atoms with E-state index in [1.54, 1.807) is 18.2 Å². The Bertz CT molecular complexity index is 737. The number of phenols is 1. The van der Waals surface area contributed by atoms with Crippen LogP contribution in [0.2, 0.25) is 5.02 Å². The van der Waals surface area contributed by atoms with Crippen molar-refractivity contribution in [1.82, 2.24) is 10.9 Å². The van der Waals surface area contributed by atoms with Gasteiger partial charge >= 0.3 is 0 Å². The molecular formula is C16H14ClFN2O3. The smallest absolute Gasteiger partial charge is 0.273 e. The molecule has 0 aliphatic heterocycles. The van der Waals surface area contributed by atoms with Crippen LogP contribution in [-0.2, 0) is 11.2 Å². The van der Waals surface area contributed by atoms with E-state index >= 15 is 0 Å². The van der Waals surface area contributed by atoms with E-state index in [4.69, 9.17) is 11.6 Å². The molecule has 2 aromatic rings. The van der Waals surface area contributed by atoms with Crippen molar-refractivity contribution in [1.29, 1.82) is 0 Å². The number of aromatic hydroxyl groups is 1. The van der Waals surface area contributed by atoms with Gasteiger partial charge in [0.15, 0.2) is 0 Å². The molecule has 7 heteroatoms. The van der Waals surface area contributed by atoms with Gasteiger partial charge in [0, 0.05) is 11.4 Å². The van der Waals surface area contributed by atoms with Gasteiger partial charge in [0.05, 0.1) is 5.56 Å². The summed E-state index contributed by atoms with van der Waals surface area (Å²) in [5, 5.41) is 9.86. The van der Waals surface area contributed by atoms with Gasteiger partial charge in [-0.25, -0.2) is 4.39 Å². The maximum Gasteiger partial charge on any atom is 0.273 e. The van der Waals surface area contributed by atoms with Crippen LogP contribution in [0, 0.1) is 5.82 Å². The van der Waals surface area contributed by atoms with E-state index in [9.17, 15) is 19.1 Å². The number of phenolic OH excluding ortho intramolecular Hbond substituents is 1. The lowest BCUT2D eigenvalue weighted by molar-refractivity contribution is -0.121. The quantitative estimate of drug-likeness (QED) is 0.751. The first kappa shape index (κ1) is 16.8. The molecule has 0 bridgehead atoms. The van der Waals surface area contributed by atoms with Crippen molar-refractivity contribution in [3.63, 3.8) is 0 Å². The number of carbonyl (C=O) groups is 2. The molecule has 0 spiro atoms. The molecule has 120 valence electrons. The van der Waals surface area contributed by atoms with E-state index in [2.05, 4.69) is 10.9 Å². The summed E-state index contributed by atoms with van der Waals surface area (Å²) in [5.41, 5.74) is 4.72. The Labute approximate surface area is 137 Å².